The van der Waals surface area contributed by atoms with Crippen molar-refractivity contribution in [2.45, 2.75) is 12.5 Å². The van der Waals surface area contributed by atoms with Gasteiger partial charge in [-0.25, -0.2) is 0 Å². The van der Waals surface area contributed by atoms with E-state index in [0.29, 0.717) is 33.1 Å². The fourth-order valence-corrected chi connectivity index (χ4v) is 4.18. The van der Waals surface area contributed by atoms with E-state index in [1.807, 2.05) is 54.6 Å². The highest BCUT2D eigenvalue weighted by atomic mass is 35.5. The van der Waals surface area contributed by atoms with Gasteiger partial charge in [0.1, 0.15) is 22.5 Å². The number of nitrogens with zero attached hydrogens (tertiary/aromatic N) is 2. The van der Waals surface area contributed by atoms with Crippen molar-refractivity contribution in [1.82, 2.24) is 15.5 Å². The van der Waals surface area contributed by atoms with Gasteiger partial charge in [0.25, 0.3) is 5.91 Å². The molecule has 1 heterocycles. The fraction of sp³-hybridized carbons (Fsp3) is 0.154. The fourth-order valence-electron chi connectivity index (χ4n) is 3.31. The normalized spacial score (nSPS) is 11.4. The molecule has 1 unspecified atom stereocenters. The molecule has 8 nitrogen and oxygen atoms in total. The van der Waals surface area contributed by atoms with Crippen molar-refractivity contribution in [2.75, 3.05) is 19.0 Å². The minimum atomic E-state index is -0.849. The summed E-state index contributed by atoms with van der Waals surface area (Å²) in [6, 6.07) is 22.7. The Bertz CT molecular complexity index is 1320. The summed E-state index contributed by atoms with van der Waals surface area (Å²) >= 11 is 7.10. The lowest BCUT2D eigenvalue weighted by molar-refractivity contribution is -0.127. The Hall–Kier alpha value is -3.95. The Morgan fingerprint density at radius 2 is 1.75 bits per heavy atom. The third-order valence-electron chi connectivity index (χ3n) is 5.09. The molecule has 1 aromatic heterocycles. The molecule has 0 radical (unpaired) electrons. The molecule has 1 atom stereocenters. The second kappa shape index (κ2) is 12.1. The maximum Gasteiger partial charge on any atom is 0.258 e. The Morgan fingerprint density at radius 1 is 0.972 bits per heavy atom. The predicted octanol–water partition coefficient (Wildman–Crippen LogP) is 4.61. The third-order valence-corrected chi connectivity index (χ3v) is 6.23. The monoisotopic (exact) mass is 522 g/mol. The summed E-state index contributed by atoms with van der Waals surface area (Å²) in [5.41, 5.74) is 1.71. The Balaban J connectivity index is 1.43. The smallest absolute Gasteiger partial charge is 0.258 e. The van der Waals surface area contributed by atoms with Crippen molar-refractivity contribution in [1.29, 1.82) is 0 Å². The molecule has 0 aliphatic rings. The summed E-state index contributed by atoms with van der Waals surface area (Å²) in [4.78, 5) is 25.8. The van der Waals surface area contributed by atoms with Crippen molar-refractivity contribution in [3.63, 3.8) is 0 Å². The number of amides is 2. The molecule has 10 heteroatoms. The topological polar surface area (TPSA) is 102 Å². The Kier molecular flexibility index (Phi) is 8.48. The lowest BCUT2D eigenvalue weighted by Crippen LogP contribution is -2.46. The molecule has 2 N–H and O–H groups in total. The van der Waals surface area contributed by atoms with E-state index in [0.717, 1.165) is 11.1 Å². The standard InChI is InChI=1S/C26H23ClN4O4S/c1-34-21-9-5-8-18(15-21)25-30-31-26(36-25)29-24(33)22(14-17-6-3-2-4-7-17)28-23(32)16-35-20-12-10-19(27)11-13-20/h2-13,15,22H,14,16H2,1H3,(H,28,32)(H,29,31,33). The van der Waals surface area contributed by atoms with Crippen molar-refractivity contribution in [3.8, 4) is 22.1 Å². The number of hydrogen-bond acceptors (Lipinski definition) is 7. The molecular formula is C26H23ClN4O4S. The van der Waals surface area contributed by atoms with Crippen LogP contribution in [-0.4, -0.2) is 41.8 Å². The van der Waals surface area contributed by atoms with E-state index in [4.69, 9.17) is 21.1 Å². The molecule has 3 aromatic carbocycles. The SMILES string of the molecule is COc1cccc(-c2nnc(NC(=O)C(Cc3ccccc3)NC(=O)COc3ccc(Cl)cc3)s2)c1. The van der Waals surface area contributed by atoms with E-state index in [9.17, 15) is 9.59 Å². The highest BCUT2D eigenvalue weighted by Crippen LogP contribution is 2.28. The highest BCUT2D eigenvalue weighted by molar-refractivity contribution is 7.18. The van der Waals surface area contributed by atoms with Crippen LogP contribution in [0.5, 0.6) is 11.5 Å². The van der Waals surface area contributed by atoms with Gasteiger partial charge >= 0.3 is 0 Å². The van der Waals surface area contributed by atoms with Crippen LogP contribution in [0.4, 0.5) is 5.13 Å². The summed E-state index contributed by atoms with van der Waals surface area (Å²) in [5, 5.41) is 15.3. The van der Waals surface area contributed by atoms with Crippen LogP contribution in [0.15, 0.2) is 78.9 Å². The molecule has 0 aliphatic heterocycles. The van der Waals surface area contributed by atoms with E-state index in [2.05, 4.69) is 20.8 Å². The zero-order valence-electron chi connectivity index (χ0n) is 19.3. The molecular weight excluding hydrogens is 500 g/mol. The number of carbonyl (C=O) groups is 2. The molecule has 36 heavy (non-hydrogen) atoms. The van der Waals surface area contributed by atoms with Crippen LogP contribution >= 0.6 is 22.9 Å². The van der Waals surface area contributed by atoms with E-state index in [-0.39, 0.29) is 6.61 Å². The average molecular weight is 523 g/mol. The van der Waals surface area contributed by atoms with Gasteiger partial charge in [-0.15, -0.1) is 10.2 Å². The second-order valence-electron chi connectivity index (χ2n) is 7.69. The van der Waals surface area contributed by atoms with Gasteiger partial charge in [-0.05, 0) is 42.0 Å². The van der Waals surface area contributed by atoms with Crippen LogP contribution in [0.1, 0.15) is 5.56 Å². The van der Waals surface area contributed by atoms with Crippen molar-refractivity contribution < 1.29 is 19.1 Å². The summed E-state index contributed by atoms with van der Waals surface area (Å²) in [5.74, 6) is 0.347. The van der Waals surface area contributed by atoms with Gasteiger partial charge in [-0.3, -0.25) is 14.9 Å². The number of rotatable bonds is 10. The van der Waals surface area contributed by atoms with Crippen molar-refractivity contribution >= 4 is 39.9 Å². The Labute approximate surface area is 217 Å². The number of ether oxygens (including phenoxy) is 2. The molecule has 184 valence electrons. The number of carbonyl (C=O) groups excluding carboxylic acids is 2. The van der Waals surface area contributed by atoms with Crippen LogP contribution in [0.25, 0.3) is 10.6 Å². The number of methoxy groups -OCH3 is 1. The molecule has 0 aliphatic carbocycles. The number of halogens is 1. The van der Waals surface area contributed by atoms with Gasteiger partial charge < -0.3 is 14.8 Å². The lowest BCUT2D eigenvalue weighted by Gasteiger charge is -2.18. The van der Waals surface area contributed by atoms with Crippen molar-refractivity contribution in [3.05, 3.63) is 89.4 Å². The molecule has 0 bridgehead atoms. The summed E-state index contributed by atoms with van der Waals surface area (Å²) < 4.78 is 10.8. The van der Waals surface area contributed by atoms with Crippen LogP contribution < -0.4 is 20.1 Å². The maximum absolute atomic E-state index is 13.1. The number of nitrogens with one attached hydrogen (secondary N) is 2. The van der Waals surface area contributed by atoms with Gasteiger partial charge in [0.2, 0.25) is 11.0 Å². The first kappa shape index (κ1) is 25.2. The van der Waals surface area contributed by atoms with E-state index >= 15 is 0 Å². The van der Waals surface area contributed by atoms with E-state index in [1.165, 1.54) is 11.3 Å². The zero-order chi connectivity index (χ0) is 25.3. The summed E-state index contributed by atoms with van der Waals surface area (Å²) in [7, 11) is 1.59. The number of benzene rings is 3. The summed E-state index contributed by atoms with van der Waals surface area (Å²) in [6.45, 7) is -0.251. The predicted molar refractivity (Wildman–Crippen MR) is 140 cm³/mol. The average Bonchev–Trinajstić information content (AvgIpc) is 3.37. The van der Waals surface area contributed by atoms with E-state index < -0.39 is 17.9 Å². The zero-order valence-corrected chi connectivity index (χ0v) is 20.9. The molecule has 4 aromatic rings. The highest BCUT2D eigenvalue weighted by Gasteiger charge is 2.23. The molecule has 0 spiro atoms. The first-order valence-corrected chi connectivity index (χ1v) is 12.2. The number of anilines is 1. The molecule has 0 saturated heterocycles. The van der Waals surface area contributed by atoms with Crippen molar-refractivity contribution in [2.24, 2.45) is 0 Å². The van der Waals surface area contributed by atoms with Gasteiger partial charge in [0.15, 0.2) is 6.61 Å². The van der Waals surface area contributed by atoms with Gasteiger partial charge in [-0.1, -0.05) is 65.4 Å². The van der Waals surface area contributed by atoms with Crippen LogP contribution in [0.3, 0.4) is 0 Å². The minimum Gasteiger partial charge on any atom is -0.497 e. The number of hydrogen-bond donors (Lipinski definition) is 2. The first-order chi connectivity index (χ1) is 17.5. The first-order valence-electron chi connectivity index (χ1n) is 11.0. The second-order valence-corrected chi connectivity index (χ2v) is 9.10. The summed E-state index contributed by atoms with van der Waals surface area (Å²) in [6.07, 6.45) is 0.293. The maximum atomic E-state index is 13.1. The molecule has 4 rings (SSSR count). The molecule has 0 saturated carbocycles. The molecule has 2 amide bonds. The van der Waals surface area contributed by atoms with Gasteiger partial charge in [0, 0.05) is 17.0 Å². The largest absolute Gasteiger partial charge is 0.497 e. The van der Waals surface area contributed by atoms with Gasteiger partial charge in [-0.2, -0.15) is 0 Å². The Morgan fingerprint density at radius 3 is 2.50 bits per heavy atom. The quantitative estimate of drug-likeness (QED) is 0.315. The third kappa shape index (κ3) is 7.03. The van der Waals surface area contributed by atoms with E-state index in [1.54, 1.807) is 31.4 Å². The van der Waals surface area contributed by atoms with Crippen LogP contribution in [-0.2, 0) is 16.0 Å². The van der Waals surface area contributed by atoms with Gasteiger partial charge in [0.05, 0.1) is 7.11 Å². The minimum absolute atomic E-state index is 0.251. The van der Waals surface area contributed by atoms with Crippen LogP contribution in [0.2, 0.25) is 5.02 Å². The molecule has 0 fully saturated rings. The van der Waals surface area contributed by atoms with Crippen LogP contribution in [0, 0.1) is 0 Å². The lowest BCUT2D eigenvalue weighted by atomic mass is 10.1. The number of aromatic nitrogens is 2.